The van der Waals surface area contributed by atoms with Gasteiger partial charge in [-0.15, -0.1) is 0 Å². The summed E-state index contributed by atoms with van der Waals surface area (Å²) in [4.78, 5) is 10.4. The minimum absolute atomic E-state index is 1.04. The molecule has 0 spiro atoms. The average Bonchev–Trinajstić information content (AvgIpc) is 1.95. The number of aliphatic hydroxyl groups excluding tert-OH is 1. The summed E-state index contributed by atoms with van der Waals surface area (Å²) in [7, 11) is 0. The molecule has 0 saturated carbocycles. The minimum Gasteiger partial charge on any atom is -0.479 e. The SMILES string of the molecule is O=C(O)[C@@]1(O)C=CC=C[C@H]1O. The molecule has 0 aliphatic heterocycles. The number of carboxylic acid groups (broad SMARTS) is 1. The van der Waals surface area contributed by atoms with E-state index >= 15 is 0 Å². The zero-order chi connectivity index (χ0) is 8.48. The molecule has 3 N–H and O–H groups in total. The van der Waals surface area contributed by atoms with Gasteiger partial charge in [-0.3, -0.25) is 0 Å². The van der Waals surface area contributed by atoms with Crippen LogP contribution in [0.3, 0.4) is 0 Å². The van der Waals surface area contributed by atoms with E-state index in [1.807, 2.05) is 0 Å². The zero-order valence-corrected chi connectivity index (χ0v) is 5.64. The van der Waals surface area contributed by atoms with Crippen LogP contribution in [0, 0.1) is 0 Å². The molecule has 1 rings (SSSR count). The molecule has 0 heterocycles. The van der Waals surface area contributed by atoms with Gasteiger partial charge in [-0.2, -0.15) is 0 Å². The second kappa shape index (κ2) is 2.48. The largest absolute Gasteiger partial charge is 0.479 e. The quantitative estimate of drug-likeness (QED) is 0.468. The second-order valence-corrected chi connectivity index (χ2v) is 2.32. The van der Waals surface area contributed by atoms with Gasteiger partial charge in [0.15, 0.2) is 0 Å². The molecule has 4 nitrogen and oxygen atoms in total. The minimum atomic E-state index is -2.16. The predicted octanol–water partition coefficient (Wildman–Crippen LogP) is -0.711. The van der Waals surface area contributed by atoms with Crippen LogP contribution < -0.4 is 0 Å². The van der Waals surface area contributed by atoms with Gasteiger partial charge in [-0.05, 0) is 6.08 Å². The van der Waals surface area contributed by atoms with Crippen molar-refractivity contribution in [2.45, 2.75) is 11.7 Å². The molecule has 0 unspecified atom stereocenters. The lowest BCUT2D eigenvalue weighted by atomic mass is 9.93. The summed E-state index contributed by atoms with van der Waals surface area (Å²) in [5.41, 5.74) is -2.16. The fourth-order valence-corrected chi connectivity index (χ4v) is 0.815. The highest BCUT2D eigenvalue weighted by atomic mass is 16.4. The Hall–Kier alpha value is -1.13. The Kier molecular flexibility index (Phi) is 1.80. The standard InChI is InChI=1S/C7H8O4/c8-5-3-1-2-4-7(5,11)6(9)10/h1-5,8,11H,(H,9,10)/t5-,7-/m1/s1. The molecular formula is C7H8O4. The molecule has 1 aliphatic carbocycles. The third-order valence-electron chi connectivity index (χ3n) is 1.55. The van der Waals surface area contributed by atoms with E-state index in [1.165, 1.54) is 18.2 Å². The van der Waals surface area contributed by atoms with Gasteiger partial charge in [0.2, 0.25) is 5.60 Å². The Balaban J connectivity index is 2.94. The van der Waals surface area contributed by atoms with Crippen molar-refractivity contribution in [3.8, 4) is 0 Å². The molecule has 0 aromatic rings. The van der Waals surface area contributed by atoms with Crippen LogP contribution in [0.5, 0.6) is 0 Å². The van der Waals surface area contributed by atoms with Crippen LogP contribution in [0.4, 0.5) is 0 Å². The van der Waals surface area contributed by atoms with Gasteiger partial charge in [0.05, 0.1) is 0 Å². The van der Waals surface area contributed by atoms with Crippen LogP contribution in [-0.4, -0.2) is 33.0 Å². The van der Waals surface area contributed by atoms with Crippen molar-refractivity contribution in [3.05, 3.63) is 24.3 Å². The van der Waals surface area contributed by atoms with E-state index < -0.39 is 17.7 Å². The molecule has 11 heavy (non-hydrogen) atoms. The Morgan fingerprint density at radius 2 is 2.09 bits per heavy atom. The number of hydrogen-bond acceptors (Lipinski definition) is 3. The van der Waals surface area contributed by atoms with E-state index in [9.17, 15) is 9.90 Å². The molecule has 4 heteroatoms. The van der Waals surface area contributed by atoms with Crippen LogP contribution >= 0.6 is 0 Å². The summed E-state index contributed by atoms with van der Waals surface area (Å²) in [6.07, 6.45) is 3.74. The summed E-state index contributed by atoms with van der Waals surface area (Å²) in [5, 5.41) is 26.7. The first kappa shape index (κ1) is 7.97. The van der Waals surface area contributed by atoms with Gasteiger partial charge in [0, 0.05) is 0 Å². The summed E-state index contributed by atoms with van der Waals surface area (Å²) in [5.74, 6) is -1.45. The van der Waals surface area contributed by atoms with E-state index in [-0.39, 0.29) is 0 Å². The van der Waals surface area contributed by atoms with Gasteiger partial charge in [0.1, 0.15) is 6.10 Å². The molecule has 1 aliphatic rings. The maximum atomic E-state index is 10.4. The van der Waals surface area contributed by atoms with E-state index in [0.717, 1.165) is 6.08 Å². The molecule has 0 radical (unpaired) electrons. The van der Waals surface area contributed by atoms with Crippen LogP contribution in [0.25, 0.3) is 0 Å². The lowest BCUT2D eigenvalue weighted by Gasteiger charge is -2.24. The summed E-state index contributed by atoms with van der Waals surface area (Å²) >= 11 is 0. The van der Waals surface area contributed by atoms with E-state index in [2.05, 4.69) is 0 Å². The number of rotatable bonds is 1. The molecule has 0 amide bonds. The number of carbonyl (C=O) groups is 1. The third-order valence-corrected chi connectivity index (χ3v) is 1.55. The first-order valence-corrected chi connectivity index (χ1v) is 3.07. The van der Waals surface area contributed by atoms with Gasteiger partial charge >= 0.3 is 5.97 Å². The Morgan fingerprint density at radius 1 is 1.45 bits per heavy atom. The number of aliphatic hydroxyl groups is 2. The third kappa shape index (κ3) is 1.18. The normalized spacial score (nSPS) is 35.6. The average molecular weight is 156 g/mol. The van der Waals surface area contributed by atoms with Crippen LogP contribution in [0.15, 0.2) is 24.3 Å². The van der Waals surface area contributed by atoms with Crippen molar-refractivity contribution in [3.63, 3.8) is 0 Å². The molecule has 0 saturated heterocycles. The highest BCUT2D eigenvalue weighted by Crippen LogP contribution is 2.17. The van der Waals surface area contributed by atoms with Gasteiger partial charge in [-0.25, -0.2) is 4.79 Å². The number of carboxylic acids is 1. The highest BCUT2D eigenvalue weighted by Gasteiger charge is 2.40. The number of allylic oxidation sites excluding steroid dienone is 2. The zero-order valence-electron chi connectivity index (χ0n) is 5.64. The monoisotopic (exact) mass is 156 g/mol. The van der Waals surface area contributed by atoms with Crippen molar-refractivity contribution in [2.75, 3.05) is 0 Å². The van der Waals surface area contributed by atoms with E-state index in [1.54, 1.807) is 0 Å². The molecule has 2 atom stereocenters. The van der Waals surface area contributed by atoms with E-state index in [0.29, 0.717) is 0 Å². The second-order valence-electron chi connectivity index (χ2n) is 2.32. The predicted molar refractivity (Wildman–Crippen MR) is 36.9 cm³/mol. The van der Waals surface area contributed by atoms with Gasteiger partial charge in [-0.1, -0.05) is 18.2 Å². The molecule has 0 aromatic carbocycles. The van der Waals surface area contributed by atoms with Crippen molar-refractivity contribution < 1.29 is 20.1 Å². The molecule has 0 fully saturated rings. The molecular weight excluding hydrogens is 148 g/mol. The summed E-state index contributed by atoms with van der Waals surface area (Å²) in [6.45, 7) is 0. The van der Waals surface area contributed by atoms with Crippen LogP contribution in [0.2, 0.25) is 0 Å². The Morgan fingerprint density at radius 3 is 2.45 bits per heavy atom. The van der Waals surface area contributed by atoms with Crippen LogP contribution in [0.1, 0.15) is 0 Å². The molecule has 0 aromatic heterocycles. The van der Waals surface area contributed by atoms with Crippen molar-refractivity contribution >= 4 is 5.97 Å². The Labute approximate surface area is 63.1 Å². The van der Waals surface area contributed by atoms with Gasteiger partial charge < -0.3 is 15.3 Å². The van der Waals surface area contributed by atoms with Crippen molar-refractivity contribution in [1.29, 1.82) is 0 Å². The molecule has 0 bridgehead atoms. The lowest BCUT2D eigenvalue weighted by Crippen LogP contribution is -2.47. The fourth-order valence-electron chi connectivity index (χ4n) is 0.815. The van der Waals surface area contributed by atoms with E-state index in [4.69, 9.17) is 10.2 Å². The maximum absolute atomic E-state index is 10.4. The van der Waals surface area contributed by atoms with Crippen LogP contribution in [-0.2, 0) is 4.79 Å². The number of hydrogen-bond donors (Lipinski definition) is 3. The fraction of sp³-hybridized carbons (Fsp3) is 0.286. The van der Waals surface area contributed by atoms with Crippen molar-refractivity contribution in [2.24, 2.45) is 0 Å². The summed E-state index contributed by atoms with van der Waals surface area (Å²) < 4.78 is 0. The topological polar surface area (TPSA) is 77.8 Å². The van der Waals surface area contributed by atoms with Gasteiger partial charge in [0.25, 0.3) is 0 Å². The van der Waals surface area contributed by atoms with Crippen molar-refractivity contribution in [1.82, 2.24) is 0 Å². The lowest BCUT2D eigenvalue weighted by molar-refractivity contribution is -0.160. The molecule has 60 valence electrons. The smallest absolute Gasteiger partial charge is 0.342 e. The first-order valence-electron chi connectivity index (χ1n) is 3.07. The summed E-state index contributed by atoms with van der Waals surface area (Å²) in [6, 6.07) is 0. The number of aliphatic carboxylic acids is 1. The maximum Gasteiger partial charge on any atom is 0.342 e. The Bertz CT molecular complexity index is 231. The highest BCUT2D eigenvalue weighted by molar-refractivity contribution is 5.81. The first-order chi connectivity index (χ1) is 5.07.